The van der Waals surface area contributed by atoms with E-state index in [1.807, 2.05) is 37.3 Å². The van der Waals surface area contributed by atoms with Crippen molar-refractivity contribution < 1.29 is 9.59 Å². The van der Waals surface area contributed by atoms with Gasteiger partial charge in [-0.05, 0) is 29.7 Å². The van der Waals surface area contributed by atoms with Crippen LogP contribution in [0.4, 0.5) is 5.69 Å². The van der Waals surface area contributed by atoms with Gasteiger partial charge >= 0.3 is 0 Å². The maximum Gasteiger partial charge on any atom is 0.237 e. The number of hydrogen-bond donors (Lipinski definition) is 0. The Morgan fingerprint density at radius 3 is 2.39 bits per heavy atom. The Bertz CT molecular complexity index is 761. The molecular formula is C18H15Cl2NO2. The highest BCUT2D eigenvalue weighted by molar-refractivity contribution is 6.42. The first-order valence-electron chi connectivity index (χ1n) is 7.36. The minimum absolute atomic E-state index is 0.0274. The van der Waals surface area contributed by atoms with Crippen molar-refractivity contribution in [1.82, 2.24) is 0 Å². The number of carbonyl (C=O) groups excluding carboxylic acids is 2. The van der Waals surface area contributed by atoms with Crippen LogP contribution < -0.4 is 4.90 Å². The van der Waals surface area contributed by atoms with Crippen molar-refractivity contribution in [3.63, 3.8) is 0 Å². The molecule has 3 nitrogen and oxygen atoms in total. The number of imide groups is 1. The molecule has 23 heavy (non-hydrogen) atoms. The number of nitrogens with zero attached hydrogens (tertiary/aromatic N) is 1. The minimum atomic E-state index is -0.362. The maximum absolute atomic E-state index is 12.8. The van der Waals surface area contributed by atoms with E-state index in [9.17, 15) is 9.59 Å². The summed E-state index contributed by atoms with van der Waals surface area (Å²) in [6.07, 6.45) is 0.204. The Morgan fingerprint density at radius 2 is 1.74 bits per heavy atom. The number of amides is 2. The van der Waals surface area contributed by atoms with Crippen LogP contribution in [0.15, 0.2) is 48.5 Å². The molecule has 2 aromatic carbocycles. The topological polar surface area (TPSA) is 37.4 Å². The van der Waals surface area contributed by atoms with Gasteiger partial charge in [-0.3, -0.25) is 14.5 Å². The van der Waals surface area contributed by atoms with E-state index < -0.39 is 0 Å². The predicted octanol–water partition coefficient (Wildman–Crippen LogP) is 4.68. The quantitative estimate of drug-likeness (QED) is 0.756. The molecule has 2 amide bonds. The van der Waals surface area contributed by atoms with Gasteiger partial charge in [0.05, 0.1) is 21.7 Å². The Labute approximate surface area is 144 Å². The summed E-state index contributed by atoms with van der Waals surface area (Å²) in [5.74, 6) is -0.786. The van der Waals surface area contributed by atoms with E-state index in [0.717, 1.165) is 5.56 Å². The Balaban J connectivity index is 1.89. The first kappa shape index (κ1) is 16.0. The molecule has 1 aliphatic rings. The van der Waals surface area contributed by atoms with Crippen molar-refractivity contribution in [3.05, 3.63) is 64.1 Å². The second-order valence-corrected chi connectivity index (χ2v) is 6.49. The molecular weight excluding hydrogens is 333 g/mol. The smallest absolute Gasteiger partial charge is 0.237 e. The van der Waals surface area contributed by atoms with Crippen molar-refractivity contribution in [3.8, 4) is 0 Å². The SMILES string of the molecule is C[C@@H](c1ccccc1)[C@H]1CC(=O)N(c2ccc(Cl)c(Cl)c2)C1=O. The van der Waals surface area contributed by atoms with E-state index in [2.05, 4.69) is 0 Å². The number of benzene rings is 2. The Morgan fingerprint density at radius 1 is 1.04 bits per heavy atom. The van der Waals surface area contributed by atoms with Gasteiger partial charge in [0.25, 0.3) is 0 Å². The van der Waals surface area contributed by atoms with Crippen molar-refractivity contribution >= 4 is 40.7 Å². The fourth-order valence-corrected chi connectivity index (χ4v) is 3.22. The first-order valence-corrected chi connectivity index (χ1v) is 8.11. The Kier molecular flexibility index (Phi) is 4.42. The third-order valence-electron chi connectivity index (χ3n) is 4.27. The second kappa shape index (κ2) is 6.34. The molecule has 1 heterocycles. The van der Waals surface area contributed by atoms with Gasteiger partial charge in [0.15, 0.2) is 0 Å². The largest absolute Gasteiger partial charge is 0.274 e. The summed E-state index contributed by atoms with van der Waals surface area (Å²) in [6, 6.07) is 14.5. The fourth-order valence-electron chi connectivity index (χ4n) is 2.93. The van der Waals surface area contributed by atoms with Gasteiger partial charge in [-0.2, -0.15) is 0 Å². The molecule has 1 fully saturated rings. The van der Waals surface area contributed by atoms with E-state index in [4.69, 9.17) is 23.2 Å². The summed E-state index contributed by atoms with van der Waals surface area (Å²) < 4.78 is 0. The Hall–Kier alpha value is -1.84. The lowest BCUT2D eigenvalue weighted by atomic mass is 9.86. The number of hydrogen-bond acceptors (Lipinski definition) is 2. The number of rotatable bonds is 3. The molecule has 0 aliphatic carbocycles. The van der Waals surface area contributed by atoms with Crippen LogP contribution in [0.25, 0.3) is 0 Å². The molecule has 0 saturated carbocycles. The van der Waals surface area contributed by atoms with Gasteiger partial charge in [0.1, 0.15) is 0 Å². The van der Waals surface area contributed by atoms with Crippen LogP contribution in [0.5, 0.6) is 0 Å². The van der Waals surface area contributed by atoms with E-state index in [-0.39, 0.29) is 30.1 Å². The van der Waals surface area contributed by atoms with Crippen molar-refractivity contribution in [2.24, 2.45) is 5.92 Å². The lowest BCUT2D eigenvalue weighted by molar-refractivity contribution is -0.122. The second-order valence-electron chi connectivity index (χ2n) is 5.68. The highest BCUT2D eigenvalue weighted by atomic mass is 35.5. The predicted molar refractivity (Wildman–Crippen MR) is 91.9 cm³/mol. The summed E-state index contributed by atoms with van der Waals surface area (Å²) in [4.78, 5) is 26.3. The summed E-state index contributed by atoms with van der Waals surface area (Å²) >= 11 is 11.9. The highest BCUT2D eigenvalue weighted by Gasteiger charge is 2.42. The van der Waals surface area contributed by atoms with E-state index in [1.165, 1.54) is 4.90 Å². The van der Waals surface area contributed by atoms with Crippen LogP contribution in [0, 0.1) is 5.92 Å². The highest BCUT2D eigenvalue weighted by Crippen LogP contribution is 2.37. The third kappa shape index (κ3) is 2.99. The monoisotopic (exact) mass is 347 g/mol. The average molecular weight is 348 g/mol. The van der Waals surface area contributed by atoms with Crippen molar-refractivity contribution in [2.45, 2.75) is 19.3 Å². The molecule has 0 aromatic heterocycles. The molecule has 0 unspecified atom stereocenters. The van der Waals surface area contributed by atoms with Crippen LogP contribution >= 0.6 is 23.2 Å². The van der Waals surface area contributed by atoms with Crippen LogP contribution in [0.1, 0.15) is 24.8 Å². The minimum Gasteiger partial charge on any atom is -0.274 e. The van der Waals surface area contributed by atoms with Crippen molar-refractivity contribution in [1.29, 1.82) is 0 Å². The van der Waals surface area contributed by atoms with Gasteiger partial charge < -0.3 is 0 Å². The molecule has 1 saturated heterocycles. The lowest BCUT2D eigenvalue weighted by Crippen LogP contribution is -2.31. The molecule has 2 aromatic rings. The number of carbonyl (C=O) groups is 2. The lowest BCUT2D eigenvalue weighted by Gasteiger charge is -2.19. The van der Waals surface area contributed by atoms with Gasteiger partial charge in [-0.15, -0.1) is 0 Å². The number of halogens is 2. The fraction of sp³-hybridized carbons (Fsp3) is 0.222. The molecule has 1 aliphatic heterocycles. The average Bonchev–Trinajstić information content (AvgIpc) is 2.85. The molecule has 2 atom stereocenters. The molecule has 0 N–H and O–H groups in total. The van der Waals surface area contributed by atoms with Crippen molar-refractivity contribution in [2.75, 3.05) is 4.90 Å². The van der Waals surface area contributed by atoms with E-state index >= 15 is 0 Å². The first-order chi connectivity index (χ1) is 11.0. The summed E-state index contributed by atoms with van der Waals surface area (Å²) in [5.41, 5.74) is 1.52. The van der Waals surface area contributed by atoms with Crippen LogP contribution in [0.3, 0.4) is 0 Å². The molecule has 118 valence electrons. The molecule has 5 heteroatoms. The number of anilines is 1. The zero-order valence-corrected chi connectivity index (χ0v) is 14.0. The standard InChI is InChI=1S/C18H15Cl2NO2/c1-11(12-5-3-2-4-6-12)14-10-17(22)21(18(14)23)13-7-8-15(19)16(20)9-13/h2-9,11,14H,10H2,1H3/t11-,14+/m0/s1. The van der Waals surface area contributed by atoms with Gasteiger partial charge in [-0.25, -0.2) is 0 Å². The van der Waals surface area contributed by atoms with Crippen LogP contribution in [-0.2, 0) is 9.59 Å². The van der Waals surface area contributed by atoms with Crippen LogP contribution in [-0.4, -0.2) is 11.8 Å². The zero-order valence-electron chi connectivity index (χ0n) is 12.5. The maximum atomic E-state index is 12.8. The summed E-state index contributed by atoms with van der Waals surface area (Å²) in [5, 5.41) is 0.716. The normalized spacial score (nSPS) is 19.3. The summed E-state index contributed by atoms with van der Waals surface area (Å²) in [6.45, 7) is 1.98. The molecule has 3 rings (SSSR count). The molecule has 0 radical (unpaired) electrons. The summed E-state index contributed by atoms with van der Waals surface area (Å²) in [7, 11) is 0. The van der Waals surface area contributed by atoms with Crippen LogP contribution in [0.2, 0.25) is 10.0 Å². The molecule has 0 bridgehead atoms. The van der Waals surface area contributed by atoms with Gasteiger partial charge in [0.2, 0.25) is 11.8 Å². The van der Waals surface area contributed by atoms with Gasteiger partial charge in [0, 0.05) is 6.42 Å². The molecule has 0 spiro atoms. The zero-order chi connectivity index (χ0) is 16.6. The third-order valence-corrected chi connectivity index (χ3v) is 5.01. The van der Waals surface area contributed by atoms with Gasteiger partial charge in [-0.1, -0.05) is 60.5 Å². The van der Waals surface area contributed by atoms with E-state index in [0.29, 0.717) is 15.7 Å². The van der Waals surface area contributed by atoms with E-state index in [1.54, 1.807) is 18.2 Å².